The van der Waals surface area contributed by atoms with Gasteiger partial charge in [0.1, 0.15) is 30.2 Å². The molecule has 5 atom stereocenters. The Bertz CT molecular complexity index is 1140. The SMILES string of the molecule is Cc1[nH]c(/C=C2\C(=O)Nc3ccc(F)cc32)c(C)c1C(=O)N[C@H]1O[C@@H](CO)[C@@H](O)[C@@H](O)[C@@H]1O. The number of aromatic amines is 1. The number of nitrogens with one attached hydrogen (secondary N) is 3. The summed E-state index contributed by atoms with van der Waals surface area (Å²) in [5.41, 5.74) is 2.73. The molecular weight excluding hydrogens is 437 g/mol. The summed E-state index contributed by atoms with van der Waals surface area (Å²) in [6, 6.07) is 3.96. The van der Waals surface area contributed by atoms with Crippen molar-refractivity contribution in [1.29, 1.82) is 0 Å². The number of ether oxygens (including phenoxy) is 1. The molecule has 176 valence electrons. The van der Waals surface area contributed by atoms with Crippen LogP contribution in [0.4, 0.5) is 10.1 Å². The van der Waals surface area contributed by atoms with Crippen LogP contribution in [0.3, 0.4) is 0 Å². The van der Waals surface area contributed by atoms with Crippen LogP contribution >= 0.6 is 0 Å². The quantitative estimate of drug-likeness (QED) is 0.310. The molecule has 7 N–H and O–H groups in total. The first-order valence-corrected chi connectivity index (χ1v) is 10.3. The monoisotopic (exact) mass is 461 g/mol. The maximum absolute atomic E-state index is 13.7. The maximum Gasteiger partial charge on any atom is 0.256 e. The molecule has 10 nitrogen and oxygen atoms in total. The molecule has 0 radical (unpaired) electrons. The second kappa shape index (κ2) is 8.69. The highest BCUT2D eigenvalue weighted by Crippen LogP contribution is 2.34. The summed E-state index contributed by atoms with van der Waals surface area (Å²) in [6.45, 7) is 2.67. The summed E-state index contributed by atoms with van der Waals surface area (Å²) < 4.78 is 19.0. The molecule has 3 heterocycles. The molecule has 1 fully saturated rings. The third-order valence-corrected chi connectivity index (χ3v) is 5.92. The first kappa shape index (κ1) is 23.1. The average Bonchev–Trinajstić information content (AvgIpc) is 3.23. The van der Waals surface area contributed by atoms with E-state index < -0.39 is 54.9 Å². The lowest BCUT2D eigenvalue weighted by molar-refractivity contribution is -0.233. The van der Waals surface area contributed by atoms with Gasteiger partial charge in [-0.2, -0.15) is 0 Å². The lowest BCUT2D eigenvalue weighted by Gasteiger charge is -2.40. The van der Waals surface area contributed by atoms with Crippen molar-refractivity contribution in [2.45, 2.75) is 44.5 Å². The van der Waals surface area contributed by atoms with Gasteiger partial charge >= 0.3 is 0 Å². The van der Waals surface area contributed by atoms with Gasteiger partial charge in [-0.25, -0.2) is 4.39 Å². The molecule has 0 aliphatic carbocycles. The number of anilines is 1. The Morgan fingerprint density at radius 2 is 1.94 bits per heavy atom. The van der Waals surface area contributed by atoms with Crippen molar-refractivity contribution in [3.63, 3.8) is 0 Å². The number of aliphatic hydroxyl groups excluding tert-OH is 4. The molecule has 0 bridgehead atoms. The van der Waals surface area contributed by atoms with E-state index in [0.717, 1.165) is 0 Å². The molecule has 1 saturated heterocycles. The number of aryl methyl sites for hydroxylation is 1. The Kier molecular flexibility index (Phi) is 6.08. The smallest absolute Gasteiger partial charge is 0.256 e. The largest absolute Gasteiger partial charge is 0.394 e. The minimum absolute atomic E-state index is 0.219. The number of carbonyl (C=O) groups excluding carboxylic acids is 2. The van der Waals surface area contributed by atoms with Crippen LogP contribution in [0.2, 0.25) is 0 Å². The Hall–Kier alpha value is -3.09. The maximum atomic E-state index is 13.7. The Labute approximate surface area is 187 Å². The van der Waals surface area contributed by atoms with E-state index >= 15 is 0 Å². The van der Waals surface area contributed by atoms with E-state index in [1.54, 1.807) is 13.8 Å². The molecule has 1 aromatic heterocycles. The summed E-state index contributed by atoms with van der Waals surface area (Å²) in [4.78, 5) is 28.4. The van der Waals surface area contributed by atoms with Crippen molar-refractivity contribution in [3.05, 3.63) is 52.1 Å². The number of fused-ring (bicyclic) bond motifs is 1. The number of carbonyl (C=O) groups is 2. The van der Waals surface area contributed by atoms with Crippen LogP contribution in [0.5, 0.6) is 0 Å². The van der Waals surface area contributed by atoms with E-state index in [4.69, 9.17) is 4.74 Å². The van der Waals surface area contributed by atoms with Gasteiger partial charge in [-0.1, -0.05) is 0 Å². The minimum atomic E-state index is -1.63. The van der Waals surface area contributed by atoms with Crippen molar-refractivity contribution in [2.24, 2.45) is 0 Å². The fraction of sp³-hybridized carbons (Fsp3) is 0.364. The zero-order valence-electron chi connectivity index (χ0n) is 17.8. The molecular formula is C22H24FN3O7. The van der Waals surface area contributed by atoms with Gasteiger partial charge in [0.2, 0.25) is 0 Å². The summed E-state index contributed by atoms with van der Waals surface area (Å²) in [7, 11) is 0. The standard InChI is InChI=1S/C22H24FN3O7/c1-8-14(6-12-11-5-10(23)3-4-13(11)25-20(12)31)24-9(2)16(8)21(32)26-22-19(30)18(29)17(28)15(7-27)33-22/h3-6,15,17-19,22,24,27-30H,7H2,1-2H3,(H,25,31)(H,26,32)/b12-6-/t15-,17+,18+,19-,22-/m0/s1. The topological polar surface area (TPSA) is 164 Å². The van der Waals surface area contributed by atoms with Crippen LogP contribution in [-0.2, 0) is 9.53 Å². The van der Waals surface area contributed by atoms with Crippen LogP contribution in [0.15, 0.2) is 18.2 Å². The van der Waals surface area contributed by atoms with E-state index in [2.05, 4.69) is 15.6 Å². The lowest BCUT2D eigenvalue weighted by Crippen LogP contribution is -2.63. The highest BCUT2D eigenvalue weighted by molar-refractivity contribution is 6.34. The van der Waals surface area contributed by atoms with Gasteiger partial charge in [-0.3, -0.25) is 9.59 Å². The van der Waals surface area contributed by atoms with Gasteiger partial charge in [0.05, 0.1) is 17.7 Å². The summed E-state index contributed by atoms with van der Waals surface area (Å²) in [6.07, 6.45) is -5.81. The van der Waals surface area contributed by atoms with Crippen LogP contribution in [-0.4, -0.2) is 74.5 Å². The number of rotatable bonds is 4. The Balaban J connectivity index is 1.61. The fourth-order valence-corrected chi connectivity index (χ4v) is 4.13. The Morgan fingerprint density at radius 1 is 1.21 bits per heavy atom. The van der Waals surface area contributed by atoms with Crippen LogP contribution in [0.1, 0.15) is 32.9 Å². The molecule has 11 heteroatoms. The summed E-state index contributed by atoms with van der Waals surface area (Å²) in [5, 5.41) is 44.4. The first-order chi connectivity index (χ1) is 15.6. The normalized spacial score (nSPS) is 28.0. The van der Waals surface area contributed by atoms with Crippen molar-refractivity contribution in [2.75, 3.05) is 11.9 Å². The molecule has 0 unspecified atom stereocenters. The molecule has 2 aliphatic rings. The molecule has 0 spiro atoms. The molecule has 33 heavy (non-hydrogen) atoms. The Morgan fingerprint density at radius 3 is 2.64 bits per heavy atom. The van der Waals surface area contributed by atoms with Crippen LogP contribution < -0.4 is 10.6 Å². The number of aliphatic hydroxyl groups is 4. The van der Waals surface area contributed by atoms with Crippen LogP contribution in [0, 0.1) is 19.7 Å². The van der Waals surface area contributed by atoms with Gasteiger partial charge in [0.25, 0.3) is 11.8 Å². The van der Waals surface area contributed by atoms with E-state index in [9.17, 15) is 34.4 Å². The summed E-state index contributed by atoms with van der Waals surface area (Å²) >= 11 is 0. The van der Waals surface area contributed by atoms with Gasteiger partial charge in [-0.15, -0.1) is 0 Å². The average molecular weight is 461 g/mol. The number of aromatic nitrogens is 1. The molecule has 2 amide bonds. The van der Waals surface area contributed by atoms with Crippen LogP contribution in [0.25, 0.3) is 11.6 Å². The third-order valence-electron chi connectivity index (χ3n) is 5.92. The molecule has 1 aromatic carbocycles. The highest BCUT2D eigenvalue weighted by atomic mass is 19.1. The number of H-pyrrole nitrogens is 1. The minimum Gasteiger partial charge on any atom is -0.394 e. The van der Waals surface area contributed by atoms with Crippen molar-refractivity contribution >= 4 is 29.2 Å². The molecule has 2 aliphatic heterocycles. The number of halogens is 1. The second-order valence-corrected chi connectivity index (χ2v) is 8.09. The first-order valence-electron chi connectivity index (χ1n) is 10.3. The number of benzene rings is 1. The highest BCUT2D eigenvalue weighted by Gasteiger charge is 2.44. The second-order valence-electron chi connectivity index (χ2n) is 8.09. The number of amides is 2. The molecule has 4 rings (SSSR count). The zero-order chi connectivity index (χ0) is 24.0. The predicted molar refractivity (Wildman–Crippen MR) is 114 cm³/mol. The third kappa shape index (κ3) is 4.05. The number of hydrogen-bond acceptors (Lipinski definition) is 7. The van der Waals surface area contributed by atoms with E-state index in [1.807, 2.05) is 0 Å². The zero-order valence-corrected chi connectivity index (χ0v) is 17.8. The van der Waals surface area contributed by atoms with Crippen molar-refractivity contribution in [3.8, 4) is 0 Å². The van der Waals surface area contributed by atoms with Crippen molar-refractivity contribution < 1.29 is 39.1 Å². The van der Waals surface area contributed by atoms with Gasteiger partial charge < -0.3 is 40.8 Å². The van der Waals surface area contributed by atoms with Gasteiger partial charge in [0, 0.05) is 22.6 Å². The predicted octanol–water partition coefficient (Wildman–Crippen LogP) is -0.207. The van der Waals surface area contributed by atoms with Crippen molar-refractivity contribution in [1.82, 2.24) is 10.3 Å². The molecule has 2 aromatic rings. The van der Waals surface area contributed by atoms with Gasteiger partial charge in [0.15, 0.2) is 6.23 Å². The molecule has 0 saturated carbocycles. The fourth-order valence-electron chi connectivity index (χ4n) is 4.13. The van der Waals surface area contributed by atoms with E-state index in [-0.39, 0.29) is 11.1 Å². The lowest BCUT2D eigenvalue weighted by atomic mass is 9.98. The van der Waals surface area contributed by atoms with Gasteiger partial charge in [-0.05, 0) is 43.7 Å². The number of hydrogen-bond donors (Lipinski definition) is 7. The van der Waals surface area contributed by atoms with E-state index in [1.165, 1.54) is 24.3 Å². The summed E-state index contributed by atoms with van der Waals surface area (Å²) in [5.74, 6) is -1.54. The van der Waals surface area contributed by atoms with E-state index in [0.29, 0.717) is 28.2 Å².